The first kappa shape index (κ1) is 15.5. The van der Waals surface area contributed by atoms with Gasteiger partial charge in [-0.2, -0.15) is 4.98 Å². The van der Waals surface area contributed by atoms with Crippen molar-refractivity contribution in [1.82, 2.24) is 10.1 Å². The minimum absolute atomic E-state index is 0.149. The molecule has 2 aromatic rings. The molecule has 1 heterocycles. The quantitative estimate of drug-likeness (QED) is 0.886. The molecule has 1 aromatic heterocycles. The van der Waals surface area contributed by atoms with Crippen LogP contribution in [0.15, 0.2) is 28.8 Å². The molecule has 0 aliphatic heterocycles. The van der Waals surface area contributed by atoms with Crippen molar-refractivity contribution < 1.29 is 14.4 Å². The molecule has 5 heteroatoms. The van der Waals surface area contributed by atoms with Crippen LogP contribution in [0.4, 0.5) is 0 Å². The standard InChI is InChI=1S/C16H22N2O3/c1-10(2)15(11(3)19)16-17-14(18-21-16)9-12-7-5-6-8-13(12)20-4/h5-8,10-11,15,19H,9H2,1-4H3. The molecule has 0 saturated carbocycles. The van der Waals surface area contributed by atoms with Crippen molar-refractivity contribution in [1.29, 1.82) is 0 Å². The molecule has 0 radical (unpaired) electrons. The number of hydrogen-bond acceptors (Lipinski definition) is 5. The number of aromatic nitrogens is 2. The summed E-state index contributed by atoms with van der Waals surface area (Å²) in [7, 11) is 1.64. The zero-order valence-corrected chi connectivity index (χ0v) is 12.9. The Morgan fingerprint density at radius 2 is 1.95 bits per heavy atom. The van der Waals surface area contributed by atoms with Crippen LogP contribution in [0.1, 0.15) is 44.0 Å². The number of benzene rings is 1. The normalized spacial score (nSPS) is 14.2. The smallest absolute Gasteiger partial charge is 0.232 e. The van der Waals surface area contributed by atoms with Gasteiger partial charge < -0.3 is 14.4 Å². The number of aliphatic hydroxyl groups excluding tert-OH is 1. The molecule has 0 amide bonds. The molecule has 5 nitrogen and oxygen atoms in total. The molecule has 2 unspecified atom stereocenters. The fourth-order valence-electron chi connectivity index (χ4n) is 2.54. The SMILES string of the molecule is COc1ccccc1Cc1noc(C(C(C)C)C(C)O)n1. The Hall–Kier alpha value is -1.88. The van der Waals surface area contributed by atoms with Gasteiger partial charge in [0.05, 0.1) is 19.1 Å². The predicted molar refractivity (Wildman–Crippen MR) is 79.4 cm³/mol. The Morgan fingerprint density at radius 3 is 2.57 bits per heavy atom. The van der Waals surface area contributed by atoms with Crippen molar-refractivity contribution in [3.63, 3.8) is 0 Å². The lowest BCUT2D eigenvalue weighted by molar-refractivity contribution is 0.120. The monoisotopic (exact) mass is 290 g/mol. The molecule has 2 rings (SSSR count). The molecule has 0 aliphatic rings. The third-order valence-electron chi connectivity index (χ3n) is 3.55. The molecule has 1 aromatic carbocycles. The predicted octanol–water partition coefficient (Wildman–Crippen LogP) is 2.79. The first-order valence-corrected chi connectivity index (χ1v) is 7.15. The summed E-state index contributed by atoms with van der Waals surface area (Å²) in [6.07, 6.45) is 0.0163. The third kappa shape index (κ3) is 3.61. The van der Waals surface area contributed by atoms with Crippen LogP contribution in [0.3, 0.4) is 0 Å². The molecule has 2 atom stereocenters. The van der Waals surface area contributed by atoms with Gasteiger partial charge in [0.2, 0.25) is 5.89 Å². The fraction of sp³-hybridized carbons (Fsp3) is 0.500. The molecule has 0 aliphatic carbocycles. The molecule has 21 heavy (non-hydrogen) atoms. The largest absolute Gasteiger partial charge is 0.496 e. The van der Waals surface area contributed by atoms with Crippen molar-refractivity contribution >= 4 is 0 Å². The molecule has 0 fully saturated rings. The summed E-state index contributed by atoms with van der Waals surface area (Å²) >= 11 is 0. The maximum absolute atomic E-state index is 9.87. The Balaban J connectivity index is 2.20. The van der Waals surface area contributed by atoms with E-state index in [0.717, 1.165) is 11.3 Å². The average Bonchev–Trinajstić information content (AvgIpc) is 2.86. The fourth-order valence-corrected chi connectivity index (χ4v) is 2.54. The van der Waals surface area contributed by atoms with E-state index >= 15 is 0 Å². The van der Waals surface area contributed by atoms with Crippen LogP contribution >= 0.6 is 0 Å². The lowest BCUT2D eigenvalue weighted by Gasteiger charge is -2.19. The summed E-state index contributed by atoms with van der Waals surface area (Å²) in [4.78, 5) is 4.43. The summed E-state index contributed by atoms with van der Waals surface area (Å²) in [5.74, 6) is 1.97. The van der Waals surface area contributed by atoms with Gasteiger partial charge in [0.25, 0.3) is 0 Å². The van der Waals surface area contributed by atoms with Crippen LogP contribution in [0.2, 0.25) is 0 Å². The van der Waals surface area contributed by atoms with E-state index < -0.39 is 6.10 Å². The Bertz CT molecular complexity index is 570. The van der Waals surface area contributed by atoms with Crippen molar-refractivity contribution in [3.05, 3.63) is 41.5 Å². The van der Waals surface area contributed by atoms with E-state index in [-0.39, 0.29) is 11.8 Å². The van der Waals surface area contributed by atoms with Gasteiger partial charge in [-0.25, -0.2) is 0 Å². The first-order chi connectivity index (χ1) is 10.0. The lowest BCUT2D eigenvalue weighted by Crippen LogP contribution is -2.20. The van der Waals surface area contributed by atoms with E-state index in [4.69, 9.17) is 9.26 Å². The van der Waals surface area contributed by atoms with Crippen LogP contribution < -0.4 is 4.74 Å². The zero-order chi connectivity index (χ0) is 15.4. The second kappa shape index (κ2) is 6.72. The summed E-state index contributed by atoms with van der Waals surface area (Å²) in [5, 5.41) is 13.9. The van der Waals surface area contributed by atoms with E-state index in [1.807, 2.05) is 38.1 Å². The Labute approximate surface area is 125 Å². The van der Waals surface area contributed by atoms with Crippen LogP contribution in [0, 0.1) is 5.92 Å². The highest BCUT2D eigenvalue weighted by Crippen LogP contribution is 2.27. The van der Waals surface area contributed by atoms with Crippen LogP contribution in [0.25, 0.3) is 0 Å². The highest BCUT2D eigenvalue weighted by molar-refractivity contribution is 5.35. The number of nitrogens with zero attached hydrogens (tertiary/aromatic N) is 2. The average molecular weight is 290 g/mol. The highest BCUT2D eigenvalue weighted by atomic mass is 16.5. The number of para-hydroxylation sites is 1. The minimum atomic E-state index is -0.524. The number of hydrogen-bond donors (Lipinski definition) is 1. The van der Waals surface area contributed by atoms with Gasteiger partial charge in [0.1, 0.15) is 5.75 Å². The Kier molecular flexibility index (Phi) is 4.96. The molecule has 114 valence electrons. The van der Waals surface area contributed by atoms with Gasteiger partial charge in [-0.1, -0.05) is 37.2 Å². The van der Waals surface area contributed by atoms with Gasteiger partial charge in [-0.15, -0.1) is 0 Å². The molecular weight excluding hydrogens is 268 g/mol. The first-order valence-electron chi connectivity index (χ1n) is 7.15. The van der Waals surface area contributed by atoms with E-state index in [9.17, 15) is 5.11 Å². The van der Waals surface area contributed by atoms with Gasteiger partial charge in [0, 0.05) is 12.0 Å². The van der Waals surface area contributed by atoms with E-state index in [0.29, 0.717) is 18.1 Å². The molecule has 1 N–H and O–H groups in total. The Morgan fingerprint density at radius 1 is 1.24 bits per heavy atom. The van der Waals surface area contributed by atoms with Gasteiger partial charge in [0.15, 0.2) is 5.82 Å². The van der Waals surface area contributed by atoms with Crippen LogP contribution in [-0.4, -0.2) is 28.5 Å². The number of methoxy groups -OCH3 is 1. The summed E-state index contributed by atoms with van der Waals surface area (Å²) in [6, 6.07) is 7.75. The van der Waals surface area contributed by atoms with Gasteiger partial charge in [-0.05, 0) is 18.9 Å². The second-order valence-electron chi connectivity index (χ2n) is 5.55. The lowest BCUT2D eigenvalue weighted by atomic mass is 9.91. The van der Waals surface area contributed by atoms with E-state index in [1.165, 1.54) is 0 Å². The summed E-state index contributed by atoms with van der Waals surface area (Å²) in [6.45, 7) is 5.80. The maximum atomic E-state index is 9.87. The summed E-state index contributed by atoms with van der Waals surface area (Å²) in [5.41, 5.74) is 1.01. The molecule has 0 spiro atoms. The van der Waals surface area contributed by atoms with E-state index in [1.54, 1.807) is 14.0 Å². The van der Waals surface area contributed by atoms with Gasteiger partial charge in [-0.3, -0.25) is 0 Å². The summed E-state index contributed by atoms with van der Waals surface area (Å²) < 4.78 is 10.7. The topological polar surface area (TPSA) is 68.4 Å². The van der Waals surface area contributed by atoms with Crippen LogP contribution in [-0.2, 0) is 6.42 Å². The number of aliphatic hydroxyl groups is 1. The van der Waals surface area contributed by atoms with Crippen LogP contribution in [0.5, 0.6) is 5.75 Å². The number of rotatable bonds is 6. The zero-order valence-electron chi connectivity index (χ0n) is 12.9. The van der Waals surface area contributed by atoms with Crippen molar-refractivity contribution in [2.24, 2.45) is 5.92 Å². The molecule has 0 saturated heterocycles. The molecule has 0 bridgehead atoms. The molecular formula is C16H22N2O3. The minimum Gasteiger partial charge on any atom is -0.496 e. The van der Waals surface area contributed by atoms with Crippen molar-refractivity contribution in [2.45, 2.75) is 39.2 Å². The van der Waals surface area contributed by atoms with Crippen molar-refractivity contribution in [3.8, 4) is 5.75 Å². The highest BCUT2D eigenvalue weighted by Gasteiger charge is 2.27. The third-order valence-corrected chi connectivity index (χ3v) is 3.55. The second-order valence-corrected chi connectivity index (χ2v) is 5.55. The van der Waals surface area contributed by atoms with Crippen molar-refractivity contribution in [2.75, 3.05) is 7.11 Å². The number of ether oxygens (including phenoxy) is 1. The maximum Gasteiger partial charge on any atom is 0.232 e. The van der Waals surface area contributed by atoms with E-state index in [2.05, 4.69) is 10.1 Å². The van der Waals surface area contributed by atoms with Gasteiger partial charge >= 0.3 is 0 Å².